The molecule has 1 aromatic carbocycles. The van der Waals surface area contributed by atoms with Crippen LogP contribution in [-0.2, 0) is 19.6 Å². The number of carbonyl (C=O) groups is 1. The Morgan fingerprint density at radius 2 is 2.35 bits per heavy atom. The van der Waals surface area contributed by atoms with Crippen LogP contribution in [0.25, 0.3) is 0 Å². The Morgan fingerprint density at radius 1 is 1.61 bits per heavy atom. The lowest BCUT2D eigenvalue weighted by molar-refractivity contribution is -0.138. The zero-order valence-electron chi connectivity index (χ0n) is 15.2. The third-order valence-electron chi connectivity index (χ3n) is 3.03. The van der Waals surface area contributed by atoms with Crippen molar-refractivity contribution in [2.45, 2.75) is 31.4 Å². The second-order valence-electron chi connectivity index (χ2n) is 4.62. The van der Waals surface area contributed by atoms with Crippen LogP contribution < -0.4 is 4.72 Å². The van der Waals surface area contributed by atoms with Crippen LogP contribution in [0.2, 0.25) is 5.02 Å². The fourth-order valence-electron chi connectivity index (χ4n) is 1.99. The van der Waals surface area contributed by atoms with Crippen LogP contribution >= 0.6 is 11.6 Å². The van der Waals surface area contributed by atoms with Gasteiger partial charge in [0.05, 0.1) is 24.3 Å². The molecule has 0 fully saturated rings. The van der Waals surface area contributed by atoms with Crippen molar-refractivity contribution in [2.24, 2.45) is 0 Å². The molecule has 1 unspecified atom stereocenters. The topological polar surface area (TPSA) is 72.5 Å². The Labute approximate surface area is 143 Å². The molecule has 0 bridgehead atoms. The summed E-state index contributed by atoms with van der Waals surface area (Å²) >= 11 is 5.82. The molecule has 8 heteroatoms. The minimum absolute atomic E-state index is 0.0313. The van der Waals surface area contributed by atoms with Crippen molar-refractivity contribution in [3.05, 3.63) is 40.7 Å². The predicted octanol–water partition coefficient (Wildman–Crippen LogP) is 3.26. The van der Waals surface area contributed by atoms with Gasteiger partial charge in [-0.1, -0.05) is 17.7 Å². The smallest absolute Gasteiger partial charge is 0.335 e. The third-order valence-corrected chi connectivity index (χ3v) is 4.85. The summed E-state index contributed by atoms with van der Waals surface area (Å²) in [6.07, 6.45) is -1.95. The number of ether oxygens (including phenoxy) is 1. The van der Waals surface area contributed by atoms with Crippen molar-refractivity contribution in [3.8, 4) is 0 Å². The van der Waals surface area contributed by atoms with E-state index in [9.17, 15) is 17.6 Å². The number of allylic oxidation sites excluding steroid dienone is 1. The van der Waals surface area contributed by atoms with Gasteiger partial charge in [-0.3, -0.25) is 4.72 Å². The number of rotatable bonds is 5. The predicted molar refractivity (Wildman–Crippen MR) is 86.3 cm³/mol. The van der Waals surface area contributed by atoms with E-state index in [1.165, 1.54) is 6.92 Å². The largest absolute Gasteiger partial charge is 0.463 e. The van der Waals surface area contributed by atoms with Crippen LogP contribution in [0.5, 0.6) is 0 Å². The van der Waals surface area contributed by atoms with E-state index in [1.54, 1.807) is 0 Å². The lowest BCUT2D eigenvalue weighted by Gasteiger charge is -2.24. The molecule has 0 radical (unpaired) electrons. The number of hydrogen-bond donors (Lipinski definition) is 1. The quantitative estimate of drug-likeness (QED) is 0.814. The Hall–Kier alpha value is -1.60. The Balaban J connectivity index is 2.49. The minimum atomic E-state index is -4.65. The molecule has 0 spiro atoms. The van der Waals surface area contributed by atoms with Crippen molar-refractivity contribution in [1.29, 1.82) is 0 Å². The summed E-state index contributed by atoms with van der Waals surface area (Å²) in [4.78, 5) is 12.1. The molecule has 1 aliphatic carbocycles. The van der Waals surface area contributed by atoms with Crippen LogP contribution in [0.15, 0.2) is 29.8 Å². The highest BCUT2D eigenvalue weighted by atomic mass is 35.5. The van der Waals surface area contributed by atoms with Crippen molar-refractivity contribution in [3.63, 3.8) is 0 Å². The molecular formula is C15H17ClFNO4S. The van der Waals surface area contributed by atoms with E-state index >= 15 is 0 Å². The Kier molecular flexibility index (Phi) is 4.39. The first-order valence-corrected chi connectivity index (χ1v) is 8.63. The minimum Gasteiger partial charge on any atom is -0.463 e. The first-order valence-electron chi connectivity index (χ1n) is 8.27. The van der Waals surface area contributed by atoms with E-state index in [0.717, 1.165) is 24.3 Å². The van der Waals surface area contributed by atoms with Crippen molar-refractivity contribution in [2.75, 3.05) is 11.3 Å². The number of carbonyl (C=O) groups excluding carboxylic acids is 1. The molecule has 0 aromatic heterocycles. The second-order valence-corrected chi connectivity index (χ2v) is 6.73. The van der Waals surface area contributed by atoms with Gasteiger partial charge in [0.25, 0.3) is 0 Å². The van der Waals surface area contributed by atoms with Gasteiger partial charge in [-0.2, -0.15) is 0 Å². The van der Waals surface area contributed by atoms with Gasteiger partial charge in [0.1, 0.15) is 11.0 Å². The highest BCUT2D eigenvalue weighted by Gasteiger charge is 2.35. The molecule has 23 heavy (non-hydrogen) atoms. The number of hydrogen-bond acceptors (Lipinski definition) is 4. The van der Waals surface area contributed by atoms with Crippen molar-refractivity contribution in [1.82, 2.24) is 0 Å². The number of nitrogens with one attached hydrogen (secondary N) is 1. The first-order chi connectivity index (χ1) is 11.9. The summed E-state index contributed by atoms with van der Waals surface area (Å²) in [6.45, 7) is 1.49. The average molecular weight is 365 g/mol. The summed E-state index contributed by atoms with van der Waals surface area (Å²) in [5.74, 6) is -1.69. The maximum Gasteiger partial charge on any atom is 0.335 e. The molecule has 0 aliphatic heterocycles. The summed E-state index contributed by atoms with van der Waals surface area (Å²) in [6, 6.07) is 2.94. The fourth-order valence-corrected chi connectivity index (χ4v) is 3.60. The number of esters is 1. The molecule has 2 rings (SSSR count). The van der Waals surface area contributed by atoms with Crippen LogP contribution in [-0.4, -0.2) is 26.2 Å². The van der Waals surface area contributed by atoms with Gasteiger partial charge >= 0.3 is 5.97 Å². The highest BCUT2D eigenvalue weighted by molar-refractivity contribution is 7.93. The lowest BCUT2D eigenvalue weighted by atomic mass is 9.99. The molecule has 1 aromatic rings. The molecule has 126 valence electrons. The molecular weight excluding hydrogens is 345 g/mol. The maximum atomic E-state index is 13.1. The molecule has 1 N–H and O–H groups in total. The van der Waals surface area contributed by atoms with Gasteiger partial charge in [-0.05, 0) is 44.3 Å². The number of halogens is 2. The van der Waals surface area contributed by atoms with E-state index in [4.69, 9.17) is 20.5 Å². The van der Waals surface area contributed by atoms with E-state index in [-0.39, 0.29) is 23.7 Å². The van der Waals surface area contributed by atoms with Gasteiger partial charge in [-0.15, -0.1) is 0 Å². The first kappa shape index (κ1) is 13.8. The zero-order chi connectivity index (χ0) is 19.8. The normalized spacial score (nSPS) is 25.5. The van der Waals surface area contributed by atoms with E-state index < -0.39 is 45.4 Å². The zero-order valence-corrected chi connectivity index (χ0v) is 13.8. The average Bonchev–Trinajstić information content (AvgIpc) is 2.49. The van der Waals surface area contributed by atoms with Gasteiger partial charge in [0.2, 0.25) is 10.0 Å². The molecule has 0 amide bonds. The van der Waals surface area contributed by atoms with Gasteiger partial charge < -0.3 is 4.74 Å². The second kappa shape index (κ2) is 7.31. The molecule has 5 nitrogen and oxygen atoms in total. The van der Waals surface area contributed by atoms with E-state index in [1.807, 2.05) is 0 Å². The molecule has 1 aliphatic rings. The highest BCUT2D eigenvalue weighted by Crippen LogP contribution is 2.30. The van der Waals surface area contributed by atoms with Crippen LogP contribution in [0.4, 0.5) is 10.1 Å². The standard InChI is InChI=1S/C15H17ClFNO4S/c1-2-22-15(19)11-5-3-4-6-14(11)23(20,21)18-13-8-7-10(17)9-12(13)16/h5,7-9,14,18H,2-4,6H2,1H3/i4D2,14D. The van der Waals surface area contributed by atoms with E-state index in [0.29, 0.717) is 0 Å². The fraction of sp³-hybridized carbons (Fsp3) is 0.400. The van der Waals surface area contributed by atoms with Crippen LogP contribution in [0.1, 0.15) is 30.3 Å². The maximum absolute atomic E-state index is 13.1. The number of benzene rings is 1. The van der Waals surface area contributed by atoms with E-state index in [2.05, 4.69) is 4.72 Å². The summed E-state index contributed by atoms with van der Waals surface area (Å²) < 4.78 is 69.8. The molecule has 0 saturated carbocycles. The molecule has 0 saturated heterocycles. The van der Waals surface area contributed by atoms with Gasteiger partial charge in [0.15, 0.2) is 0 Å². The number of anilines is 1. The third kappa shape index (κ3) is 4.23. The van der Waals surface area contributed by atoms with Crippen molar-refractivity contribution < 1.29 is 26.5 Å². The van der Waals surface area contributed by atoms with Gasteiger partial charge in [-0.25, -0.2) is 17.6 Å². The SMILES string of the molecule is [2H]C1([2H])CC=C(C(=O)OCC)C([2H])(S(=O)(=O)Nc2ccc(F)cc2Cl)C1. The van der Waals surface area contributed by atoms with Crippen LogP contribution in [0, 0.1) is 5.82 Å². The monoisotopic (exact) mass is 364 g/mol. The molecule has 0 heterocycles. The molecule has 1 atom stereocenters. The summed E-state index contributed by atoms with van der Waals surface area (Å²) in [5, 5.41) is -2.88. The Bertz CT molecular complexity index is 862. The number of sulfonamides is 1. The lowest BCUT2D eigenvalue weighted by Crippen LogP contribution is -2.34. The van der Waals surface area contributed by atoms with Crippen molar-refractivity contribution >= 4 is 33.3 Å². The Morgan fingerprint density at radius 3 is 3.00 bits per heavy atom. The summed E-state index contributed by atoms with van der Waals surface area (Å²) in [7, 11) is -4.65. The summed E-state index contributed by atoms with van der Waals surface area (Å²) in [5.41, 5.74) is -0.658. The van der Waals surface area contributed by atoms with Crippen LogP contribution in [0.3, 0.4) is 0 Å². The van der Waals surface area contributed by atoms with Gasteiger partial charge in [0, 0.05) is 2.74 Å².